The molecule has 0 radical (unpaired) electrons. The molecule has 0 unspecified atom stereocenters. The first-order valence-corrected chi connectivity index (χ1v) is 8.34. The molecule has 0 fully saturated rings. The van der Waals surface area contributed by atoms with Crippen molar-refractivity contribution in [3.8, 4) is 5.88 Å². The van der Waals surface area contributed by atoms with E-state index in [4.69, 9.17) is 0 Å². The van der Waals surface area contributed by atoms with E-state index in [1.807, 2.05) is 29.7 Å². The molecule has 1 heterocycles. The van der Waals surface area contributed by atoms with Crippen molar-refractivity contribution in [1.29, 1.82) is 0 Å². The Morgan fingerprint density at radius 3 is 2.70 bits per heavy atom. The summed E-state index contributed by atoms with van der Waals surface area (Å²) >= 11 is 0. The van der Waals surface area contributed by atoms with E-state index in [0.717, 1.165) is 42.1 Å². The smallest absolute Gasteiger partial charge is 0.264 e. The summed E-state index contributed by atoms with van der Waals surface area (Å²) < 4.78 is 1.82. The van der Waals surface area contributed by atoms with Gasteiger partial charge in [0, 0.05) is 18.4 Å². The van der Waals surface area contributed by atoms with Crippen molar-refractivity contribution in [3.63, 3.8) is 0 Å². The predicted octanol–water partition coefficient (Wildman–Crippen LogP) is 5.26. The number of aromatic nitrogens is 1. The molecule has 124 valence electrons. The average molecular weight is 315 g/mol. The van der Waals surface area contributed by atoms with Gasteiger partial charge in [0.15, 0.2) is 5.69 Å². The first-order chi connectivity index (χ1) is 11.1. The van der Waals surface area contributed by atoms with Crippen LogP contribution >= 0.6 is 0 Å². The van der Waals surface area contributed by atoms with Crippen LogP contribution in [0.15, 0.2) is 28.4 Å². The molecule has 5 nitrogen and oxygen atoms in total. The standard InChI is InChI=1S/C18H25N3O2/c1-4-6-7-8-16(22)19-20-17-14-12-13(3)9-10-15(14)21(11-5-2)18(17)23/h9-10,12,23H,4-8,11H2,1-3H3. The van der Waals surface area contributed by atoms with Crippen LogP contribution in [0.2, 0.25) is 0 Å². The van der Waals surface area contributed by atoms with Crippen molar-refractivity contribution in [2.45, 2.75) is 59.4 Å². The third kappa shape index (κ3) is 3.97. The maximum atomic E-state index is 11.8. The largest absolute Gasteiger partial charge is 0.493 e. The number of azo groups is 1. The molecule has 0 aliphatic heterocycles. The minimum Gasteiger partial charge on any atom is -0.493 e. The van der Waals surface area contributed by atoms with Crippen molar-refractivity contribution in [2.75, 3.05) is 0 Å². The van der Waals surface area contributed by atoms with Gasteiger partial charge in [-0.05, 0) is 31.9 Å². The van der Waals surface area contributed by atoms with Gasteiger partial charge in [0.05, 0.1) is 5.52 Å². The van der Waals surface area contributed by atoms with Crippen LogP contribution in [0.25, 0.3) is 10.9 Å². The lowest BCUT2D eigenvalue weighted by Crippen LogP contribution is -1.95. The maximum Gasteiger partial charge on any atom is 0.264 e. The SMILES string of the molecule is CCCCCC(=O)N=Nc1c(O)n(CCC)c2ccc(C)cc12. The molecule has 2 aromatic rings. The Balaban J connectivity index is 2.34. The molecule has 1 aromatic carbocycles. The van der Waals surface area contributed by atoms with E-state index in [1.165, 1.54) is 0 Å². The summed E-state index contributed by atoms with van der Waals surface area (Å²) in [4.78, 5) is 11.8. The molecule has 2 rings (SSSR count). The normalized spacial score (nSPS) is 11.6. The molecule has 5 heteroatoms. The highest BCUT2D eigenvalue weighted by molar-refractivity contribution is 5.95. The van der Waals surface area contributed by atoms with Crippen LogP contribution < -0.4 is 0 Å². The van der Waals surface area contributed by atoms with E-state index in [2.05, 4.69) is 24.1 Å². The number of fused-ring (bicyclic) bond motifs is 1. The molecule has 0 atom stereocenters. The highest BCUT2D eigenvalue weighted by atomic mass is 16.3. The molecule has 1 amide bonds. The zero-order valence-corrected chi connectivity index (χ0v) is 14.2. The maximum absolute atomic E-state index is 11.8. The lowest BCUT2D eigenvalue weighted by Gasteiger charge is -2.04. The topological polar surface area (TPSA) is 66.9 Å². The van der Waals surface area contributed by atoms with Gasteiger partial charge in [-0.2, -0.15) is 0 Å². The van der Waals surface area contributed by atoms with E-state index < -0.39 is 0 Å². The van der Waals surface area contributed by atoms with Gasteiger partial charge in [-0.15, -0.1) is 10.2 Å². The fourth-order valence-corrected chi connectivity index (χ4v) is 2.67. The van der Waals surface area contributed by atoms with Crippen LogP contribution in [0.1, 0.15) is 51.5 Å². The van der Waals surface area contributed by atoms with Crippen LogP contribution in [0.4, 0.5) is 5.69 Å². The van der Waals surface area contributed by atoms with E-state index in [9.17, 15) is 9.90 Å². The van der Waals surface area contributed by atoms with Crippen LogP contribution in [0.5, 0.6) is 5.88 Å². The number of hydrogen-bond acceptors (Lipinski definition) is 3. The van der Waals surface area contributed by atoms with Gasteiger partial charge >= 0.3 is 0 Å². The zero-order valence-electron chi connectivity index (χ0n) is 14.2. The molecule has 0 spiro atoms. The number of carbonyl (C=O) groups excluding carboxylic acids is 1. The van der Waals surface area contributed by atoms with Gasteiger partial charge in [-0.3, -0.25) is 4.79 Å². The molecule has 1 aromatic heterocycles. The fraction of sp³-hybridized carbons (Fsp3) is 0.500. The van der Waals surface area contributed by atoms with Gasteiger partial charge in [0.1, 0.15) is 0 Å². The van der Waals surface area contributed by atoms with Crippen molar-refractivity contribution in [3.05, 3.63) is 23.8 Å². The number of aromatic hydroxyl groups is 1. The Morgan fingerprint density at radius 2 is 2.00 bits per heavy atom. The van der Waals surface area contributed by atoms with E-state index in [0.29, 0.717) is 18.7 Å². The molecule has 0 aliphatic carbocycles. The van der Waals surface area contributed by atoms with Crippen LogP contribution in [-0.2, 0) is 11.3 Å². The number of benzene rings is 1. The summed E-state index contributed by atoms with van der Waals surface area (Å²) in [6, 6.07) is 5.95. The number of unbranched alkanes of at least 4 members (excludes halogenated alkanes) is 2. The van der Waals surface area contributed by atoms with E-state index in [-0.39, 0.29) is 11.8 Å². The number of rotatable bonds is 7. The minimum absolute atomic E-state index is 0.0811. The number of nitrogens with zero attached hydrogens (tertiary/aromatic N) is 3. The van der Waals surface area contributed by atoms with Crippen LogP contribution in [0, 0.1) is 6.92 Å². The first kappa shape index (κ1) is 17.2. The second-order valence-corrected chi connectivity index (χ2v) is 5.90. The highest BCUT2D eigenvalue weighted by Gasteiger charge is 2.16. The molecule has 1 N–H and O–H groups in total. The van der Waals surface area contributed by atoms with E-state index in [1.54, 1.807) is 0 Å². The first-order valence-electron chi connectivity index (χ1n) is 8.34. The molecular formula is C18H25N3O2. The number of aryl methyl sites for hydroxylation is 2. The van der Waals surface area contributed by atoms with Crippen molar-refractivity contribution >= 4 is 22.5 Å². The Hall–Kier alpha value is -2.17. The van der Waals surface area contributed by atoms with Gasteiger partial charge < -0.3 is 9.67 Å². The fourth-order valence-electron chi connectivity index (χ4n) is 2.67. The monoisotopic (exact) mass is 315 g/mol. The molecule has 0 bridgehead atoms. The van der Waals surface area contributed by atoms with Crippen molar-refractivity contribution in [1.82, 2.24) is 4.57 Å². The zero-order chi connectivity index (χ0) is 16.8. The summed E-state index contributed by atoms with van der Waals surface area (Å²) in [5.41, 5.74) is 2.39. The van der Waals surface area contributed by atoms with Gasteiger partial charge in [0.2, 0.25) is 5.88 Å². The van der Waals surface area contributed by atoms with Gasteiger partial charge in [0.25, 0.3) is 5.91 Å². The van der Waals surface area contributed by atoms with Gasteiger partial charge in [-0.25, -0.2) is 0 Å². The number of hydrogen-bond donors (Lipinski definition) is 1. The number of amides is 1. The van der Waals surface area contributed by atoms with Gasteiger partial charge in [-0.1, -0.05) is 38.3 Å². The summed E-state index contributed by atoms with van der Waals surface area (Å²) in [5, 5.41) is 19.1. The summed E-state index contributed by atoms with van der Waals surface area (Å²) in [5.74, 6) is -0.153. The van der Waals surface area contributed by atoms with Crippen molar-refractivity contribution < 1.29 is 9.90 Å². The Morgan fingerprint density at radius 1 is 1.22 bits per heavy atom. The predicted molar refractivity (Wildman–Crippen MR) is 92.3 cm³/mol. The Bertz CT molecular complexity index is 717. The lowest BCUT2D eigenvalue weighted by molar-refractivity contribution is -0.118. The summed E-state index contributed by atoms with van der Waals surface area (Å²) in [6.45, 7) is 6.84. The highest BCUT2D eigenvalue weighted by Crippen LogP contribution is 2.39. The third-order valence-electron chi connectivity index (χ3n) is 3.87. The Kier molecular flexibility index (Phi) is 5.90. The van der Waals surface area contributed by atoms with Crippen LogP contribution in [-0.4, -0.2) is 15.6 Å². The molecular weight excluding hydrogens is 290 g/mol. The molecule has 0 saturated heterocycles. The third-order valence-corrected chi connectivity index (χ3v) is 3.87. The van der Waals surface area contributed by atoms with Crippen molar-refractivity contribution in [2.24, 2.45) is 10.2 Å². The van der Waals surface area contributed by atoms with E-state index >= 15 is 0 Å². The lowest BCUT2D eigenvalue weighted by atomic mass is 10.1. The quantitative estimate of drug-likeness (QED) is 0.559. The second kappa shape index (κ2) is 7.90. The average Bonchev–Trinajstić information content (AvgIpc) is 2.78. The summed E-state index contributed by atoms with van der Waals surface area (Å²) in [6.07, 6.45) is 4.22. The molecule has 0 aliphatic rings. The summed E-state index contributed by atoms with van der Waals surface area (Å²) in [7, 11) is 0. The second-order valence-electron chi connectivity index (χ2n) is 5.90. The molecule has 23 heavy (non-hydrogen) atoms. The minimum atomic E-state index is -0.234. The van der Waals surface area contributed by atoms with Crippen LogP contribution in [0.3, 0.4) is 0 Å². The number of carbonyl (C=O) groups is 1. The Labute approximate surface area is 137 Å². The molecule has 0 saturated carbocycles.